The summed E-state index contributed by atoms with van der Waals surface area (Å²) in [5.74, 6) is 0.382. The van der Waals surface area contributed by atoms with Crippen LogP contribution in [0, 0.1) is 5.92 Å². The van der Waals surface area contributed by atoms with Gasteiger partial charge in [-0.25, -0.2) is 4.79 Å². The van der Waals surface area contributed by atoms with Crippen LogP contribution in [0.15, 0.2) is 42.0 Å². The Morgan fingerprint density at radius 1 is 1.12 bits per heavy atom. The predicted molar refractivity (Wildman–Crippen MR) is 139 cm³/mol. The van der Waals surface area contributed by atoms with Crippen molar-refractivity contribution in [3.05, 3.63) is 62.9 Å². The normalized spacial score (nSPS) is 17.1. The zero-order valence-corrected chi connectivity index (χ0v) is 21.5. The summed E-state index contributed by atoms with van der Waals surface area (Å²) < 4.78 is 5.31. The van der Waals surface area contributed by atoms with Gasteiger partial charge in [-0.3, -0.25) is 0 Å². The van der Waals surface area contributed by atoms with E-state index in [2.05, 4.69) is 44.2 Å². The van der Waals surface area contributed by atoms with Crippen molar-refractivity contribution in [3.63, 3.8) is 0 Å². The van der Waals surface area contributed by atoms with E-state index in [1.807, 2.05) is 19.9 Å². The first kappa shape index (κ1) is 25.7. The molecule has 2 atom stereocenters. The van der Waals surface area contributed by atoms with Crippen molar-refractivity contribution in [2.75, 3.05) is 0 Å². The average Bonchev–Trinajstić information content (AvgIpc) is 3.40. The molecule has 180 valence electrons. The first-order valence-electron chi connectivity index (χ1n) is 12.7. The highest BCUT2D eigenvalue weighted by Crippen LogP contribution is 2.41. The van der Waals surface area contributed by atoms with Crippen LogP contribution in [0.25, 0.3) is 5.57 Å². The molecule has 2 aromatic rings. The molecular weight excluding hydrogens is 428 g/mol. The molecule has 0 radical (unpaired) electrons. The third-order valence-electron chi connectivity index (χ3n) is 6.60. The lowest BCUT2D eigenvalue weighted by Crippen LogP contribution is -2.09. The highest BCUT2D eigenvalue weighted by molar-refractivity contribution is 7.13. The maximum atomic E-state index is 12.1. The number of rotatable bonds is 12. The van der Waals surface area contributed by atoms with Gasteiger partial charge in [-0.2, -0.15) is 0 Å². The third kappa shape index (κ3) is 7.28. The molecule has 0 amide bonds. The molecule has 0 spiro atoms. The second kappa shape index (κ2) is 12.5. The van der Waals surface area contributed by atoms with Crippen molar-refractivity contribution < 1.29 is 14.6 Å². The van der Waals surface area contributed by atoms with Crippen LogP contribution in [0.1, 0.15) is 111 Å². The average molecular weight is 469 g/mol. The van der Waals surface area contributed by atoms with E-state index in [1.165, 1.54) is 47.3 Å². The fraction of sp³-hybridized carbons (Fsp3) is 0.552. The number of ether oxygens (including phenoxy) is 1. The van der Waals surface area contributed by atoms with Crippen molar-refractivity contribution in [3.8, 4) is 0 Å². The molecule has 0 fully saturated rings. The molecule has 0 aliphatic heterocycles. The molecule has 0 bridgehead atoms. The van der Waals surface area contributed by atoms with Crippen LogP contribution in [-0.2, 0) is 11.2 Å². The number of unbranched alkanes of at least 4 members (excludes halogenated alkanes) is 2. The van der Waals surface area contributed by atoms with Gasteiger partial charge in [-0.05, 0) is 94.0 Å². The maximum absolute atomic E-state index is 12.1. The Morgan fingerprint density at radius 3 is 2.58 bits per heavy atom. The number of aliphatic hydroxyl groups is 1. The molecular formula is C29H40O3S. The largest absolute Gasteiger partial charge is 0.459 e. The number of aliphatic hydroxyl groups excluding tert-OH is 1. The van der Waals surface area contributed by atoms with E-state index in [0.29, 0.717) is 10.8 Å². The molecule has 1 heterocycles. The standard InChI is InChI=1S/C29H40O3S/c1-5-6-7-11-26(30)22-14-16-24(17-15-22)28-21(4)12-13-23(28)9-8-10-25-18-19-27(33-25)29(31)32-20(2)3/h14-20,23,26,30H,5-13H2,1-4H3/t23-,26?/m0/s1. The topological polar surface area (TPSA) is 46.5 Å². The fourth-order valence-electron chi connectivity index (χ4n) is 4.84. The van der Waals surface area contributed by atoms with E-state index in [-0.39, 0.29) is 18.2 Å². The molecule has 1 aromatic carbocycles. The quantitative estimate of drug-likeness (QED) is 0.253. The fourth-order valence-corrected chi connectivity index (χ4v) is 5.78. The van der Waals surface area contributed by atoms with Gasteiger partial charge in [-0.1, -0.05) is 56.0 Å². The van der Waals surface area contributed by atoms with Crippen LogP contribution in [0.3, 0.4) is 0 Å². The van der Waals surface area contributed by atoms with E-state index < -0.39 is 0 Å². The minimum Gasteiger partial charge on any atom is -0.459 e. The van der Waals surface area contributed by atoms with E-state index >= 15 is 0 Å². The number of benzene rings is 1. The smallest absolute Gasteiger partial charge is 0.348 e. The van der Waals surface area contributed by atoms with Crippen molar-refractivity contribution in [1.29, 1.82) is 0 Å². The zero-order chi connectivity index (χ0) is 23.8. The Morgan fingerprint density at radius 2 is 1.88 bits per heavy atom. The summed E-state index contributed by atoms with van der Waals surface area (Å²) >= 11 is 1.56. The summed E-state index contributed by atoms with van der Waals surface area (Å²) in [5, 5.41) is 10.5. The number of thiophene rings is 1. The molecule has 1 aromatic heterocycles. The van der Waals surface area contributed by atoms with Gasteiger partial charge in [0.15, 0.2) is 0 Å². The SMILES string of the molecule is CCCCCC(O)c1ccc(C2=C(C)CC[C@@H]2CCCc2ccc(C(=O)OC(C)C)s2)cc1. The van der Waals surface area contributed by atoms with E-state index in [4.69, 9.17) is 4.74 Å². The molecule has 4 heteroatoms. The van der Waals surface area contributed by atoms with E-state index in [9.17, 15) is 9.90 Å². The number of hydrogen-bond donors (Lipinski definition) is 1. The Labute approximate surface area is 203 Å². The van der Waals surface area contributed by atoms with Gasteiger partial charge in [0, 0.05) is 4.88 Å². The molecule has 0 saturated carbocycles. The summed E-state index contributed by atoms with van der Waals surface area (Å²) in [6.07, 6.45) is 9.53. The summed E-state index contributed by atoms with van der Waals surface area (Å²) in [4.78, 5) is 14.0. The van der Waals surface area contributed by atoms with Crippen LogP contribution < -0.4 is 0 Å². The van der Waals surface area contributed by atoms with Crippen LogP contribution >= 0.6 is 11.3 Å². The molecule has 33 heavy (non-hydrogen) atoms. The lowest BCUT2D eigenvalue weighted by molar-refractivity contribution is 0.0384. The Kier molecular flexibility index (Phi) is 9.76. The van der Waals surface area contributed by atoms with E-state index in [0.717, 1.165) is 37.7 Å². The molecule has 3 nitrogen and oxygen atoms in total. The minimum absolute atomic E-state index is 0.0859. The van der Waals surface area contributed by atoms with Gasteiger partial charge in [0.1, 0.15) is 4.88 Å². The van der Waals surface area contributed by atoms with Gasteiger partial charge >= 0.3 is 5.97 Å². The Hall–Kier alpha value is -1.91. The number of carbonyl (C=O) groups excluding carboxylic acids is 1. The van der Waals surface area contributed by atoms with Crippen LogP contribution in [0.5, 0.6) is 0 Å². The number of aryl methyl sites for hydroxylation is 1. The van der Waals surface area contributed by atoms with Crippen LogP contribution in [0.2, 0.25) is 0 Å². The first-order valence-corrected chi connectivity index (χ1v) is 13.5. The molecule has 0 saturated heterocycles. The Balaban J connectivity index is 1.55. The molecule has 1 unspecified atom stereocenters. The van der Waals surface area contributed by atoms with Crippen LogP contribution in [0.4, 0.5) is 0 Å². The summed E-state index contributed by atoms with van der Waals surface area (Å²) in [5.41, 5.74) is 5.36. The van der Waals surface area contributed by atoms with Crippen molar-refractivity contribution in [2.45, 2.75) is 97.7 Å². The van der Waals surface area contributed by atoms with Gasteiger partial charge in [-0.15, -0.1) is 11.3 Å². The lowest BCUT2D eigenvalue weighted by atomic mass is 9.88. The summed E-state index contributed by atoms with van der Waals surface area (Å²) in [6, 6.07) is 12.6. The van der Waals surface area contributed by atoms with Crippen LogP contribution in [-0.4, -0.2) is 17.2 Å². The first-order chi connectivity index (χ1) is 15.9. The van der Waals surface area contributed by atoms with Crippen molar-refractivity contribution >= 4 is 22.9 Å². The van der Waals surface area contributed by atoms with Gasteiger partial charge < -0.3 is 9.84 Å². The third-order valence-corrected chi connectivity index (χ3v) is 7.73. The molecule has 1 aliphatic rings. The van der Waals surface area contributed by atoms with Crippen molar-refractivity contribution in [1.82, 2.24) is 0 Å². The number of carbonyl (C=O) groups is 1. The highest BCUT2D eigenvalue weighted by atomic mass is 32.1. The second-order valence-corrected chi connectivity index (χ2v) is 10.8. The van der Waals surface area contributed by atoms with Gasteiger partial charge in [0.25, 0.3) is 0 Å². The molecule has 1 N–H and O–H groups in total. The van der Waals surface area contributed by atoms with Gasteiger partial charge in [0.05, 0.1) is 12.2 Å². The monoisotopic (exact) mass is 468 g/mol. The van der Waals surface area contributed by atoms with E-state index in [1.54, 1.807) is 11.3 Å². The second-order valence-electron chi connectivity index (χ2n) is 9.68. The number of hydrogen-bond acceptors (Lipinski definition) is 4. The van der Waals surface area contributed by atoms with Crippen molar-refractivity contribution in [2.24, 2.45) is 5.92 Å². The lowest BCUT2D eigenvalue weighted by Gasteiger charge is -2.17. The molecule has 3 rings (SSSR count). The Bertz CT molecular complexity index is 923. The predicted octanol–water partition coefficient (Wildman–Crippen LogP) is 8.13. The van der Waals surface area contributed by atoms with Gasteiger partial charge in [0.2, 0.25) is 0 Å². The maximum Gasteiger partial charge on any atom is 0.348 e. The summed E-state index contributed by atoms with van der Waals surface area (Å²) in [7, 11) is 0. The highest BCUT2D eigenvalue weighted by Gasteiger charge is 2.24. The molecule has 1 aliphatic carbocycles. The summed E-state index contributed by atoms with van der Waals surface area (Å²) in [6.45, 7) is 8.22. The zero-order valence-electron chi connectivity index (χ0n) is 20.7. The number of esters is 1. The number of allylic oxidation sites excluding steroid dienone is 2. The minimum atomic E-state index is -0.353.